The fourth-order valence-electron chi connectivity index (χ4n) is 1.10. The van der Waals surface area contributed by atoms with Gasteiger partial charge in [-0.1, -0.05) is 0 Å². The lowest BCUT2D eigenvalue weighted by Gasteiger charge is -2.03. The number of nitrogens with zero attached hydrogens (tertiary/aromatic N) is 1. The van der Waals surface area contributed by atoms with Crippen molar-refractivity contribution >= 4 is 28.8 Å². The molecule has 0 radical (unpaired) electrons. The largest absolute Gasteiger partial charge is 0.398 e. The van der Waals surface area contributed by atoms with Gasteiger partial charge in [0.25, 0.3) is 0 Å². The molecule has 0 aliphatic rings. The second-order valence-corrected chi connectivity index (χ2v) is 4.93. The number of nitrogens with two attached hydrogens (primary N) is 1. The molecule has 78 valence electrons. The molecule has 0 amide bonds. The first-order valence-corrected chi connectivity index (χ1v) is 6.17. The van der Waals surface area contributed by atoms with Crippen molar-refractivity contribution in [3.8, 4) is 0 Å². The lowest BCUT2D eigenvalue weighted by molar-refractivity contribution is 0.624. The van der Waals surface area contributed by atoms with E-state index in [4.69, 9.17) is 5.73 Å². The Hall–Kier alpha value is -1.07. The molecule has 2 nitrogen and oxygen atoms in total. The Bertz CT molecular complexity index is 443. The van der Waals surface area contributed by atoms with Crippen LogP contribution >= 0.6 is 23.1 Å². The van der Waals surface area contributed by atoms with Gasteiger partial charge < -0.3 is 5.73 Å². The van der Waals surface area contributed by atoms with Gasteiger partial charge in [-0.05, 0) is 18.2 Å². The van der Waals surface area contributed by atoms with Crippen molar-refractivity contribution in [1.29, 1.82) is 0 Å². The van der Waals surface area contributed by atoms with E-state index < -0.39 is 0 Å². The van der Waals surface area contributed by atoms with Crippen LogP contribution in [-0.2, 0) is 5.75 Å². The molecular weight excluding hydrogens is 231 g/mol. The summed E-state index contributed by atoms with van der Waals surface area (Å²) in [5.74, 6) is 0.522. The number of benzene rings is 1. The van der Waals surface area contributed by atoms with Gasteiger partial charge in [0, 0.05) is 27.4 Å². The lowest BCUT2D eigenvalue weighted by Crippen LogP contribution is -1.89. The second kappa shape index (κ2) is 4.63. The number of rotatable bonds is 3. The molecule has 0 atom stereocenters. The van der Waals surface area contributed by atoms with Gasteiger partial charge in [-0.15, -0.1) is 23.1 Å². The molecule has 2 N–H and O–H groups in total. The number of nitrogen functional groups attached to an aromatic ring is 1. The van der Waals surface area contributed by atoms with Crippen molar-refractivity contribution < 1.29 is 4.39 Å². The molecule has 2 aromatic rings. The smallest absolute Gasteiger partial charge is 0.124 e. The van der Waals surface area contributed by atoms with Crippen LogP contribution in [0.15, 0.2) is 34.8 Å². The Kier molecular flexibility index (Phi) is 3.23. The average molecular weight is 240 g/mol. The molecule has 0 aliphatic heterocycles. The number of thiazole rings is 1. The lowest BCUT2D eigenvalue weighted by atomic mass is 10.3. The quantitative estimate of drug-likeness (QED) is 0.661. The van der Waals surface area contributed by atoms with Gasteiger partial charge in [0.15, 0.2) is 0 Å². The number of anilines is 1. The maximum Gasteiger partial charge on any atom is 0.124 e. The normalized spacial score (nSPS) is 10.5. The van der Waals surface area contributed by atoms with Gasteiger partial charge in [0.2, 0.25) is 0 Å². The van der Waals surface area contributed by atoms with E-state index in [1.54, 1.807) is 22.9 Å². The minimum Gasteiger partial charge on any atom is -0.398 e. The summed E-state index contributed by atoms with van der Waals surface area (Å²) in [5.41, 5.74) is 8.13. The van der Waals surface area contributed by atoms with Gasteiger partial charge in [-0.3, -0.25) is 4.98 Å². The van der Waals surface area contributed by atoms with Crippen molar-refractivity contribution in [2.24, 2.45) is 0 Å². The molecule has 1 aromatic heterocycles. The molecule has 15 heavy (non-hydrogen) atoms. The molecule has 5 heteroatoms. The SMILES string of the molecule is Nc1ccc(F)cc1SCc1cncs1. The van der Waals surface area contributed by atoms with Crippen LogP contribution in [0.4, 0.5) is 10.1 Å². The summed E-state index contributed by atoms with van der Waals surface area (Å²) in [6.45, 7) is 0. The van der Waals surface area contributed by atoms with Gasteiger partial charge >= 0.3 is 0 Å². The summed E-state index contributed by atoms with van der Waals surface area (Å²) in [7, 11) is 0. The zero-order valence-corrected chi connectivity index (χ0v) is 9.45. The van der Waals surface area contributed by atoms with Crippen molar-refractivity contribution in [2.45, 2.75) is 10.6 Å². The van der Waals surface area contributed by atoms with E-state index >= 15 is 0 Å². The van der Waals surface area contributed by atoms with Gasteiger partial charge in [-0.2, -0.15) is 0 Å². The number of hydrogen-bond acceptors (Lipinski definition) is 4. The molecule has 0 aliphatic carbocycles. The van der Waals surface area contributed by atoms with Crippen molar-refractivity contribution in [1.82, 2.24) is 4.98 Å². The number of thioether (sulfide) groups is 1. The predicted molar refractivity (Wildman–Crippen MR) is 62.5 cm³/mol. The number of aromatic nitrogens is 1. The zero-order chi connectivity index (χ0) is 10.7. The Morgan fingerprint density at radius 3 is 3.07 bits per heavy atom. The molecule has 0 spiro atoms. The van der Waals surface area contributed by atoms with E-state index in [0.29, 0.717) is 5.69 Å². The Balaban J connectivity index is 2.07. The summed E-state index contributed by atoms with van der Waals surface area (Å²) in [5, 5.41) is 0. The highest BCUT2D eigenvalue weighted by molar-refractivity contribution is 7.98. The zero-order valence-electron chi connectivity index (χ0n) is 7.81. The molecule has 0 saturated heterocycles. The summed E-state index contributed by atoms with van der Waals surface area (Å²) < 4.78 is 12.9. The monoisotopic (exact) mass is 240 g/mol. The number of hydrogen-bond donors (Lipinski definition) is 1. The predicted octanol–water partition coefficient (Wildman–Crippen LogP) is 3.16. The highest BCUT2D eigenvalue weighted by atomic mass is 32.2. The van der Waals surface area contributed by atoms with E-state index in [-0.39, 0.29) is 5.82 Å². The van der Waals surface area contributed by atoms with Crippen LogP contribution in [0.2, 0.25) is 0 Å². The molecule has 0 fully saturated rings. The van der Waals surface area contributed by atoms with Gasteiger partial charge in [0.1, 0.15) is 5.82 Å². The van der Waals surface area contributed by atoms with Crippen molar-refractivity contribution in [3.05, 3.63) is 40.6 Å². The van der Waals surface area contributed by atoms with Crippen LogP contribution in [0, 0.1) is 5.82 Å². The maximum atomic E-state index is 12.9. The topological polar surface area (TPSA) is 38.9 Å². The second-order valence-electron chi connectivity index (χ2n) is 2.94. The van der Waals surface area contributed by atoms with Gasteiger partial charge in [-0.25, -0.2) is 4.39 Å². The fraction of sp³-hybridized carbons (Fsp3) is 0.100. The van der Waals surface area contributed by atoms with E-state index in [2.05, 4.69) is 4.98 Å². The number of halogens is 1. The summed E-state index contributed by atoms with van der Waals surface area (Å²) in [6, 6.07) is 4.41. The van der Waals surface area contributed by atoms with Crippen LogP contribution in [-0.4, -0.2) is 4.98 Å². The first kappa shape index (κ1) is 10.4. The first-order chi connectivity index (χ1) is 7.25. The van der Waals surface area contributed by atoms with Crippen LogP contribution in [0.3, 0.4) is 0 Å². The average Bonchev–Trinajstić information content (AvgIpc) is 2.72. The molecular formula is C10H9FN2S2. The summed E-state index contributed by atoms with van der Waals surface area (Å²) in [6.07, 6.45) is 1.81. The van der Waals surface area contributed by atoms with Crippen molar-refractivity contribution in [2.75, 3.05) is 5.73 Å². The molecule has 0 unspecified atom stereocenters. The fourth-order valence-corrected chi connectivity index (χ4v) is 2.73. The minimum absolute atomic E-state index is 0.254. The standard InChI is InChI=1S/C10H9FN2S2/c11-7-1-2-9(12)10(3-7)14-5-8-4-13-6-15-8/h1-4,6H,5,12H2. The Morgan fingerprint density at radius 1 is 1.47 bits per heavy atom. The van der Waals surface area contributed by atoms with Crippen LogP contribution in [0.1, 0.15) is 4.88 Å². The molecule has 1 heterocycles. The molecule has 0 saturated carbocycles. The first-order valence-electron chi connectivity index (χ1n) is 4.31. The van der Waals surface area contributed by atoms with Gasteiger partial charge in [0.05, 0.1) is 5.51 Å². The summed E-state index contributed by atoms with van der Waals surface area (Å²) in [4.78, 5) is 5.91. The van der Waals surface area contributed by atoms with E-state index in [9.17, 15) is 4.39 Å². The Morgan fingerprint density at radius 2 is 2.33 bits per heavy atom. The third-order valence-corrected chi connectivity index (χ3v) is 3.91. The van der Waals surface area contributed by atoms with Crippen molar-refractivity contribution in [3.63, 3.8) is 0 Å². The summed E-state index contributed by atoms with van der Waals surface area (Å²) >= 11 is 3.11. The molecule has 0 bridgehead atoms. The Labute approximate surface area is 95.3 Å². The van der Waals surface area contributed by atoms with E-state index in [1.165, 1.54) is 23.9 Å². The van der Waals surface area contributed by atoms with Crippen LogP contribution in [0.5, 0.6) is 0 Å². The highest BCUT2D eigenvalue weighted by Crippen LogP contribution is 2.29. The van der Waals surface area contributed by atoms with Crippen LogP contribution in [0.25, 0.3) is 0 Å². The maximum absolute atomic E-state index is 12.9. The van der Waals surface area contributed by atoms with E-state index in [1.807, 2.05) is 6.20 Å². The van der Waals surface area contributed by atoms with E-state index in [0.717, 1.165) is 15.5 Å². The third kappa shape index (κ3) is 2.70. The molecule has 1 aromatic carbocycles. The minimum atomic E-state index is -0.254. The highest BCUT2D eigenvalue weighted by Gasteiger charge is 2.03. The third-order valence-electron chi connectivity index (χ3n) is 1.83. The van der Waals surface area contributed by atoms with Crippen LogP contribution < -0.4 is 5.73 Å². The molecule has 2 rings (SSSR count).